The summed E-state index contributed by atoms with van der Waals surface area (Å²) in [6.45, 7) is 1.45. The maximum Gasteiger partial charge on any atom is 0.265 e. The Labute approximate surface area is 64.2 Å². The third-order valence-corrected chi connectivity index (χ3v) is 1.94. The number of hydrogen-bond acceptors (Lipinski definition) is 4. The normalized spacial score (nSPS) is 36.9. The standard InChI is InChI=1S/C6H10N4O/c11-6-5-4(3-9-10-5)7-1-2-8-6/h2,4-5,7,9-10H,1,3H2. The first-order valence-corrected chi connectivity index (χ1v) is 3.66. The van der Waals surface area contributed by atoms with Crippen molar-refractivity contribution < 1.29 is 4.79 Å². The molecule has 60 valence electrons. The molecule has 2 unspecified atom stereocenters. The van der Waals surface area contributed by atoms with E-state index in [0.29, 0.717) is 6.54 Å². The number of carbonyl (C=O) groups excluding carboxylic acids is 1. The summed E-state index contributed by atoms with van der Waals surface area (Å²) in [6, 6.07) is -0.00116. The lowest BCUT2D eigenvalue weighted by Crippen LogP contribution is -2.45. The monoisotopic (exact) mass is 154 g/mol. The fourth-order valence-corrected chi connectivity index (χ4v) is 1.34. The molecule has 2 aliphatic rings. The minimum Gasteiger partial charge on any atom is -0.306 e. The highest BCUT2D eigenvalue weighted by atomic mass is 16.2. The van der Waals surface area contributed by atoms with Crippen LogP contribution in [0.4, 0.5) is 0 Å². The van der Waals surface area contributed by atoms with E-state index in [1.165, 1.54) is 0 Å². The van der Waals surface area contributed by atoms with Gasteiger partial charge in [-0.25, -0.2) is 10.4 Å². The molecule has 1 saturated heterocycles. The lowest BCUT2D eigenvalue weighted by Gasteiger charge is -2.11. The van der Waals surface area contributed by atoms with Gasteiger partial charge in [-0.2, -0.15) is 0 Å². The Hall–Kier alpha value is -0.780. The summed E-state index contributed by atoms with van der Waals surface area (Å²) < 4.78 is 0. The summed E-state index contributed by atoms with van der Waals surface area (Å²) >= 11 is 0. The topological polar surface area (TPSA) is 65.5 Å². The van der Waals surface area contributed by atoms with Crippen molar-refractivity contribution in [3.63, 3.8) is 0 Å². The molecule has 0 aromatic heterocycles. The molecule has 2 atom stereocenters. The molecule has 0 aromatic rings. The molecular weight excluding hydrogens is 144 g/mol. The predicted octanol–water partition coefficient (Wildman–Crippen LogP) is -1.97. The molecule has 0 aliphatic carbocycles. The molecule has 5 nitrogen and oxygen atoms in total. The van der Waals surface area contributed by atoms with Crippen LogP contribution in [-0.2, 0) is 4.79 Å². The summed E-state index contributed by atoms with van der Waals surface area (Å²) in [6.07, 6.45) is 1.61. The summed E-state index contributed by atoms with van der Waals surface area (Å²) in [5.41, 5.74) is 5.79. The number of carbonyl (C=O) groups is 1. The first kappa shape index (κ1) is 6.90. The van der Waals surface area contributed by atoms with Crippen LogP contribution in [0.5, 0.6) is 0 Å². The van der Waals surface area contributed by atoms with Gasteiger partial charge in [0, 0.05) is 25.3 Å². The molecule has 1 fully saturated rings. The van der Waals surface area contributed by atoms with Crippen molar-refractivity contribution in [2.24, 2.45) is 4.99 Å². The van der Waals surface area contributed by atoms with Crippen LogP contribution in [0.2, 0.25) is 0 Å². The van der Waals surface area contributed by atoms with E-state index >= 15 is 0 Å². The van der Waals surface area contributed by atoms with Crippen LogP contribution in [0, 0.1) is 0 Å². The second-order valence-electron chi connectivity index (χ2n) is 2.67. The molecule has 0 saturated carbocycles. The zero-order valence-electron chi connectivity index (χ0n) is 6.00. The first-order chi connectivity index (χ1) is 5.38. The second kappa shape index (κ2) is 2.69. The van der Waals surface area contributed by atoms with Crippen molar-refractivity contribution in [1.82, 2.24) is 16.2 Å². The minimum absolute atomic E-state index is 0.0926. The third kappa shape index (κ3) is 1.18. The largest absolute Gasteiger partial charge is 0.306 e. The second-order valence-corrected chi connectivity index (χ2v) is 2.67. The third-order valence-electron chi connectivity index (χ3n) is 1.94. The number of amides is 1. The molecule has 11 heavy (non-hydrogen) atoms. The smallest absolute Gasteiger partial charge is 0.265 e. The number of nitrogens with zero attached hydrogens (tertiary/aromatic N) is 1. The first-order valence-electron chi connectivity index (χ1n) is 3.66. The number of fused-ring (bicyclic) bond motifs is 1. The van der Waals surface area contributed by atoms with E-state index in [2.05, 4.69) is 21.2 Å². The van der Waals surface area contributed by atoms with Crippen molar-refractivity contribution in [1.29, 1.82) is 0 Å². The van der Waals surface area contributed by atoms with Crippen molar-refractivity contribution in [2.75, 3.05) is 13.1 Å². The maximum atomic E-state index is 11.2. The van der Waals surface area contributed by atoms with E-state index < -0.39 is 0 Å². The average molecular weight is 154 g/mol. The van der Waals surface area contributed by atoms with E-state index in [0.717, 1.165) is 6.54 Å². The van der Waals surface area contributed by atoms with Crippen LogP contribution in [-0.4, -0.2) is 37.3 Å². The molecule has 0 spiro atoms. The molecule has 0 bridgehead atoms. The lowest BCUT2D eigenvalue weighted by molar-refractivity contribution is -0.119. The van der Waals surface area contributed by atoms with Crippen LogP contribution in [0.3, 0.4) is 0 Å². The summed E-state index contributed by atoms with van der Waals surface area (Å²) in [7, 11) is 0. The maximum absolute atomic E-state index is 11.2. The lowest BCUT2D eigenvalue weighted by atomic mass is 10.1. The molecule has 0 radical (unpaired) electrons. The van der Waals surface area contributed by atoms with E-state index in [1.807, 2.05) is 0 Å². The molecule has 2 rings (SSSR count). The van der Waals surface area contributed by atoms with E-state index in [-0.39, 0.29) is 18.0 Å². The zero-order valence-corrected chi connectivity index (χ0v) is 6.00. The van der Waals surface area contributed by atoms with Crippen LogP contribution >= 0.6 is 0 Å². The van der Waals surface area contributed by atoms with Gasteiger partial charge in [0.1, 0.15) is 6.04 Å². The van der Waals surface area contributed by atoms with Crippen molar-refractivity contribution in [2.45, 2.75) is 12.1 Å². The van der Waals surface area contributed by atoms with Crippen LogP contribution < -0.4 is 16.2 Å². The van der Waals surface area contributed by atoms with Gasteiger partial charge >= 0.3 is 0 Å². The van der Waals surface area contributed by atoms with Gasteiger partial charge in [-0.3, -0.25) is 10.2 Å². The Balaban J connectivity index is 2.16. The van der Waals surface area contributed by atoms with Gasteiger partial charge in [0.2, 0.25) is 0 Å². The highest BCUT2D eigenvalue weighted by molar-refractivity contribution is 5.91. The van der Waals surface area contributed by atoms with E-state index in [4.69, 9.17) is 0 Å². The fraction of sp³-hybridized carbons (Fsp3) is 0.667. The minimum atomic E-state index is -0.186. The number of nitrogens with one attached hydrogen (secondary N) is 3. The summed E-state index contributed by atoms with van der Waals surface area (Å²) in [5, 5.41) is 3.18. The van der Waals surface area contributed by atoms with Crippen LogP contribution in [0.25, 0.3) is 0 Å². The van der Waals surface area contributed by atoms with Crippen LogP contribution in [0.15, 0.2) is 4.99 Å². The molecule has 5 heteroatoms. The van der Waals surface area contributed by atoms with Crippen molar-refractivity contribution in [3.05, 3.63) is 0 Å². The van der Waals surface area contributed by atoms with Crippen LogP contribution in [0.1, 0.15) is 0 Å². The number of aliphatic imine (C=N–C) groups is 1. The Kier molecular flexibility index (Phi) is 1.69. The van der Waals surface area contributed by atoms with Gasteiger partial charge in [0.25, 0.3) is 5.91 Å². The molecule has 2 aliphatic heterocycles. The Bertz CT molecular complexity index is 203. The highest BCUT2D eigenvalue weighted by Crippen LogP contribution is 2.02. The Morgan fingerprint density at radius 1 is 1.64 bits per heavy atom. The average Bonchev–Trinajstić information content (AvgIpc) is 2.40. The zero-order chi connectivity index (χ0) is 7.68. The quantitative estimate of drug-likeness (QED) is 0.379. The van der Waals surface area contributed by atoms with Gasteiger partial charge < -0.3 is 5.32 Å². The number of hydrogen-bond donors (Lipinski definition) is 3. The van der Waals surface area contributed by atoms with Gasteiger partial charge in [0.15, 0.2) is 0 Å². The van der Waals surface area contributed by atoms with E-state index in [1.54, 1.807) is 6.21 Å². The number of rotatable bonds is 0. The highest BCUT2D eigenvalue weighted by Gasteiger charge is 2.32. The Morgan fingerprint density at radius 2 is 2.55 bits per heavy atom. The fourth-order valence-electron chi connectivity index (χ4n) is 1.34. The predicted molar refractivity (Wildman–Crippen MR) is 40.2 cm³/mol. The van der Waals surface area contributed by atoms with Crippen molar-refractivity contribution in [3.8, 4) is 0 Å². The van der Waals surface area contributed by atoms with Gasteiger partial charge in [-0.1, -0.05) is 0 Å². The number of hydrazine groups is 1. The van der Waals surface area contributed by atoms with E-state index in [9.17, 15) is 4.79 Å². The summed E-state index contributed by atoms with van der Waals surface area (Å²) in [5.74, 6) is -0.0926. The molecule has 2 heterocycles. The molecule has 0 aromatic carbocycles. The summed E-state index contributed by atoms with van der Waals surface area (Å²) in [4.78, 5) is 14.9. The van der Waals surface area contributed by atoms with Gasteiger partial charge in [-0.05, 0) is 0 Å². The Morgan fingerprint density at radius 3 is 3.45 bits per heavy atom. The molecule has 1 amide bonds. The molecule has 3 N–H and O–H groups in total. The van der Waals surface area contributed by atoms with Crippen molar-refractivity contribution >= 4 is 12.1 Å². The molecular formula is C6H10N4O. The van der Waals surface area contributed by atoms with Gasteiger partial charge in [0.05, 0.1) is 0 Å². The SMILES string of the molecule is O=C1N=CCNC2CNNC12. The van der Waals surface area contributed by atoms with Gasteiger partial charge in [-0.15, -0.1) is 0 Å².